The number of pyridine rings is 1. The van der Waals surface area contributed by atoms with Crippen molar-refractivity contribution in [3.05, 3.63) is 35.7 Å². The van der Waals surface area contributed by atoms with Gasteiger partial charge in [0.1, 0.15) is 5.69 Å². The second-order valence-corrected chi connectivity index (χ2v) is 6.92. The molecular formula is C19H22N4O3. The number of furan rings is 1. The first kappa shape index (κ1) is 16.8. The van der Waals surface area contributed by atoms with Gasteiger partial charge in [-0.3, -0.25) is 9.48 Å². The highest BCUT2D eigenvalue weighted by molar-refractivity contribution is 6.07. The molecule has 2 N–H and O–H groups in total. The summed E-state index contributed by atoms with van der Waals surface area (Å²) in [4.78, 5) is 17.7. The standard InChI is InChI=1S/C19H22N4O3/c1-11-17-14(19(25)20-12-5-7-13(24)8-6-12)10-15(16-4-3-9-26-16)21-18(17)23(2)22-11/h3-4,9-10,12-13,24H,5-8H2,1-2H3,(H,20,25). The molecule has 3 aromatic rings. The lowest BCUT2D eigenvalue weighted by atomic mass is 9.93. The van der Waals surface area contributed by atoms with E-state index < -0.39 is 0 Å². The van der Waals surface area contributed by atoms with E-state index in [4.69, 9.17) is 4.42 Å². The molecule has 1 aliphatic carbocycles. The highest BCUT2D eigenvalue weighted by Gasteiger charge is 2.24. The van der Waals surface area contributed by atoms with Gasteiger partial charge in [-0.1, -0.05) is 0 Å². The molecule has 0 unspecified atom stereocenters. The predicted molar refractivity (Wildman–Crippen MR) is 96.7 cm³/mol. The molecule has 26 heavy (non-hydrogen) atoms. The molecule has 0 aliphatic heterocycles. The maximum Gasteiger partial charge on any atom is 0.252 e. The molecule has 0 spiro atoms. The molecule has 0 radical (unpaired) electrons. The number of rotatable bonds is 3. The minimum atomic E-state index is -0.248. The summed E-state index contributed by atoms with van der Waals surface area (Å²) < 4.78 is 7.15. The molecular weight excluding hydrogens is 332 g/mol. The average molecular weight is 354 g/mol. The smallest absolute Gasteiger partial charge is 0.252 e. The summed E-state index contributed by atoms with van der Waals surface area (Å²) in [7, 11) is 1.82. The van der Waals surface area contributed by atoms with E-state index in [1.54, 1.807) is 23.1 Å². The summed E-state index contributed by atoms with van der Waals surface area (Å²) in [6.07, 6.45) is 4.36. The minimum Gasteiger partial charge on any atom is -0.463 e. The van der Waals surface area contributed by atoms with Gasteiger partial charge in [-0.15, -0.1) is 0 Å². The Morgan fingerprint density at radius 2 is 2.12 bits per heavy atom. The Labute approximate surface area is 151 Å². The van der Waals surface area contributed by atoms with Crippen molar-refractivity contribution in [2.24, 2.45) is 7.05 Å². The number of amides is 1. The number of hydrogen-bond donors (Lipinski definition) is 2. The third-order valence-electron chi connectivity index (χ3n) is 5.02. The molecule has 136 valence electrons. The maximum absolute atomic E-state index is 13.0. The molecule has 7 nitrogen and oxygen atoms in total. The zero-order valence-corrected chi connectivity index (χ0v) is 14.9. The van der Waals surface area contributed by atoms with Gasteiger partial charge in [0.05, 0.1) is 29.0 Å². The van der Waals surface area contributed by atoms with E-state index in [1.165, 1.54) is 0 Å². The average Bonchev–Trinajstić information content (AvgIpc) is 3.25. The van der Waals surface area contributed by atoms with Crippen LogP contribution in [0.15, 0.2) is 28.9 Å². The van der Waals surface area contributed by atoms with Crippen LogP contribution in [0, 0.1) is 6.92 Å². The Morgan fingerprint density at radius 3 is 2.81 bits per heavy atom. The van der Waals surface area contributed by atoms with Crippen LogP contribution in [-0.2, 0) is 7.05 Å². The second kappa shape index (κ2) is 6.57. The van der Waals surface area contributed by atoms with E-state index in [0.717, 1.165) is 36.8 Å². The van der Waals surface area contributed by atoms with E-state index in [2.05, 4.69) is 15.4 Å². The molecule has 1 aliphatic rings. The summed E-state index contributed by atoms with van der Waals surface area (Å²) >= 11 is 0. The van der Waals surface area contributed by atoms with Crippen LogP contribution in [0.1, 0.15) is 41.7 Å². The van der Waals surface area contributed by atoms with Crippen molar-refractivity contribution < 1.29 is 14.3 Å². The van der Waals surface area contributed by atoms with Gasteiger partial charge in [-0.05, 0) is 50.8 Å². The van der Waals surface area contributed by atoms with Gasteiger partial charge < -0.3 is 14.8 Å². The summed E-state index contributed by atoms with van der Waals surface area (Å²) in [5.41, 5.74) is 2.58. The number of aromatic nitrogens is 3. The van der Waals surface area contributed by atoms with Crippen LogP contribution in [0.5, 0.6) is 0 Å². The van der Waals surface area contributed by atoms with Crippen molar-refractivity contribution in [3.8, 4) is 11.5 Å². The van der Waals surface area contributed by atoms with Crippen molar-refractivity contribution in [2.75, 3.05) is 0 Å². The molecule has 1 saturated carbocycles. The Balaban J connectivity index is 1.74. The minimum absolute atomic E-state index is 0.0816. The lowest BCUT2D eigenvalue weighted by Gasteiger charge is -2.26. The van der Waals surface area contributed by atoms with Crippen LogP contribution >= 0.6 is 0 Å². The normalized spacial score (nSPS) is 20.4. The van der Waals surface area contributed by atoms with Gasteiger partial charge in [0.15, 0.2) is 11.4 Å². The number of aliphatic hydroxyl groups excluding tert-OH is 1. The Kier molecular flexibility index (Phi) is 4.24. The van der Waals surface area contributed by atoms with Gasteiger partial charge in [-0.2, -0.15) is 5.10 Å². The van der Waals surface area contributed by atoms with Crippen molar-refractivity contribution in [1.82, 2.24) is 20.1 Å². The largest absolute Gasteiger partial charge is 0.463 e. The molecule has 3 aromatic heterocycles. The van der Waals surface area contributed by atoms with Crippen LogP contribution in [-0.4, -0.2) is 37.9 Å². The number of aryl methyl sites for hydroxylation is 2. The third kappa shape index (κ3) is 2.99. The van der Waals surface area contributed by atoms with Gasteiger partial charge >= 0.3 is 0 Å². The zero-order valence-electron chi connectivity index (χ0n) is 14.9. The number of carbonyl (C=O) groups is 1. The molecule has 3 heterocycles. The van der Waals surface area contributed by atoms with Crippen LogP contribution < -0.4 is 5.32 Å². The molecule has 0 saturated heterocycles. The summed E-state index contributed by atoms with van der Waals surface area (Å²) in [5, 5.41) is 18.0. The zero-order chi connectivity index (χ0) is 18.3. The highest BCUT2D eigenvalue weighted by atomic mass is 16.3. The highest BCUT2D eigenvalue weighted by Crippen LogP contribution is 2.27. The van der Waals surface area contributed by atoms with E-state index in [9.17, 15) is 9.90 Å². The van der Waals surface area contributed by atoms with Crippen LogP contribution in [0.25, 0.3) is 22.5 Å². The molecule has 0 aromatic carbocycles. The number of nitrogens with zero attached hydrogens (tertiary/aromatic N) is 3. The molecule has 7 heteroatoms. The van der Waals surface area contributed by atoms with Crippen molar-refractivity contribution in [2.45, 2.75) is 44.8 Å². The summed E-state index contributed by atoms with van der Waals surface area (Å²) in [6.45, 7) is 1.88. The van der Waals surface area contributed by atoms with Gasteiger partial charge in [0.2, 0.25) is 0 Å². The van der Waals surface area contributed by atoms with E-state index in [0.29, 0.717) is 22.7 Å². The molecule has 1 fully saturated rings. The number of carbonyl (C=O) groups excluding carboxylic acids is 1. The van der Waals surface area contributed by atoms with Crippen molar-refractivity contribution in [1.29, 1.82) is 0 Å². The quantitative estimate of drug-likeness (QED) is 0.754. The molecule has 0 atom stereocenters. The Bertz CT molecular complexity index is 938. The fraction of sp³-hybridized carbons (Fsp3) is 0.421. The maximum atomic E-state index is 13.0. The fourth-order valence-electron chi connectivity index (χ4n) is 3.66. The van der Waals surface area contributed by atoms with Gasteiger partial charge in [0, 0.05) is 13.1 Å². The topological polar surface area (TPSA) is 93.2 Å². The summed E-state index contributed by atoms with van der Waals surface area (Å²) in [6, 6.07) is 5.46. The number of hydrogen-bond acceptors (Lipinski definition) is 5. The number of nitrogens with one attached hydrogen (secondary N) is 1. The van der Waals surface area contributed by atoms with Crippen LogP contribution in [0.2, 0.25) is 0 Å². The molecule has 0 bridgehead atoms. The Hall–Kier alpha value is -2.67. The van der Waals surface area contributed by atoms with Gasteiger partial charge in [0.25, 0.3) is 5.91 Å². The van der Waals surface area contributed by atoms with E-state index in [1.807, 2.05) is 20.0 Å². The molecule has 4 rings (SSSR count). The molecule has 1 amide bonds. The summed E-state index contributed by atoms with van der Waals surface area (Å²) in [5.74, 6) is 0.475. The monoisotopic (exact) mass is 354 g/mol. The lowest BCUT2D eigenvalue weighted by molar-refractivity contribution is 0.0869. The van der Waals surface area contributed by atoms with Crippen LogP contribution in [0.4, 0.5) is 0 Å². The fourth-order valence-corrected chi connectivity index (χ4v) is 3.66. The van der Waals surface area contributed by atoms with E-state index in [-0.39, 0.29) is 18.1 Å². The van der Waals surface area contributed by atoms with E-state index >= 15 is 0 Å². The first-order chi connectivity index (χ1) is 12.5. The lowest BCUT2D eigenvalue weighted by Crippen LogP contribution is -2.38. The first-order valence-electron chi connectivity index (χ1n) is 8.90. The SMILES string of the molecule is Cc1nn(C)c2nc(-c3ccco3)cc(C(=O)NC3CCC(O)CC3)c12. The van der Waals surface area contributed by atoms with Crippen molar-refractivity contribution in [3.63, 3.8) is 0 Å². The number of fused-ring (bicyclic) bond motifs is 1. The van der Waals surface area contributed by atoms with Crippen LogP contribution in [0.3, 0.4) is 0 Å². The van der Waals surface area contributed by atoms with Crippen molar-refractivity contribution >= 4 is 16.9 Å². The second-order valence-electron chi connectivity index (χ2n) is 6.92. The first-order valence-corrected chi connectivity index (χ1v) is 8.90. The predicted octanol–water partition coefficient (Wildman–Crippen LogP) is 2.57. The Morgan fingerprint density at radius 1 is 1.35 bits per heavy atom. The number of aliphatic hydroxyl groups is 1. The third-order valence-corrected chi connectivity index (χ3v) is 5.02. The van der Waals surface area contributed by atoms with Gasteiger partial charge in [-0.25, -0.2) is 4.98 Å².